The maximum atomic E-state index is 11.4. The maximum absolute atomic E-state index is 11.4. The fourth-order valence-corrected chi connectivity index (χ4v) is 1.73. The molecule has 17 heavy (non-hydrogen) atoms. The van der Waals surface area contributed by atoms with Crippen molar-refractivity contribution in [3.63, 3.8) is 0 Å². The van der Waals surface area contributed by atoms with Crippen LogP contribution >= 0.6 is 0 Å². The van der Waals surface area contributed by atoms with Gasteiger partial charge in [-0.1, -0.05) is 11.2 Å². The van der Waals surface area contributed by atoms with E-state index in [-0.39, 0.29) is 5.71 Å². The Morgan fingerprint density at radius 3 is 2.71 bits per heavy atom. The van der Waals surface area contributed by atoms with E-state index in [0.29, 0.717) is 0 Å². The number of hydrogen-bond acceptors (Lipinski definition) is 5. The van der Waals surface area contributed by atoms with Gasteiger partial charge in [-0.25, -0.2) is 0 Å². The predicted molar refractivity (Wildman–Crippen MR) is 64.7 cm³/mol. The van der Waals surface area contributed by atoms with Crippen LogP contribution < -0.4 is 0 Å². The Balaban J connectivity index is 2.82. The van der Waals surface area contributed by atoms with Crippen LogP contribution in [0.2, 0.25) is 0 Å². The average Bonchev–Trinajstić information content (AvgIpc) is 2.31. The maximum Gasteiger partial charge on any atom is 0.330 e. The van der Waals surface area contributed by atoms with E-state index in [4.69, 9.17) is 5.26 Å². The topological polar surface area (TPSA) is 79.5 Å². The summed E-state index contributed by atoms with van der Waals surface area (Å²) in [4.78, 5) is 0. The molecule has 0 atom stereocenters. The molecule has 0 unspecified atom stereocenters. The second-order valence-electron chi connectivity index (χ2n) is 4.14. The molecule has 6 heteroatoms. The monoisotopic (exact) mass is 256 g/mol. The van der Waals surface area contributed by atoms with Crippen molar-refractivity contribution in [3.05, 3.63) is 11.6 Å². The highest BCUT2D eigenvalue weighted by Gasteiger charge is 2.19. The molecule has 0 aromatic heterocycles. The van der Waals surface area contributed by atoms with Crippen LogP contribution in [0.4, 0.5) is 0 Å². The van der Waals surface area contributed by atoms with E-state index in [0.717, 1.165) is 31.3 Å². The molecule has 0 radical (unpaired) electrons. The first-order valence-corrected chi connectivity index (χ1v) is 7.04. The van der Waals surface area contributed by atoms with Crippen molar-refractivity contribution < 1.29 is 12.7 Å². The van der Waals surface area contributed by atoms with Crippen molar-refractivity contribution in [2.24, 2.45) is 5.16 Å². The smallest absolute Gasteiger partial charge is 0.267 e. The Bertz CT molecular complexity index is 469. The van der Waals surface area contributed by atoms with E-state index in [1.54, 1.807) is 0 Å². The van der Waals surface area contributed by atoms with E-state index in [1.807, 2.05) is 12.1 Å². The molecule has 5 nitrogen and oxygen atoms in total. The lowest BCUT2D eigenvalue weighted by molar-refractivity contribution is 0.334. The van der Waals surface area contributed by atoms with E-state index >= 15 is 0 Å². The fourth-order valence-electron chi connectivity index (χ4n) is 1.38. The first kappa shape index (κ1) is 13.7. The SMILES string of the molecule is CC(C)S(=O)(=O)ON=C(C#N)C1=CCCCC1. The summed E-state index contributed by atoms with van der Waals surface area (Å²) in [5.41, 5.74) is 0.839. The molecule has 1 rings (SSSR count). The normalized spacial score (nSPS) is 17.5. The summed E-state index contributed by atoms with van der Waals surface area (Å²) in [7, 11) is -3.71. The van der Waals surface area contributed by atoms with Gasteiger partial charge in [0.25, 0.3) is 0 Å². The standard InChI is InChI=1S/C11H16N2O3S/c1-9(2)17(14,15)16-13-11(8-12)10-6-4-3-5-7-10/h6,9H,3-5,7H2,1-2H3. The Kier molecular flexibility index (Phi) is 4.70. The van der Waals surface area contributed by atoms with Crippen LogP contribution in [0.5, 0.6) is 0 Å². The van der Waals surface area contributed by atoms with Crippen molar-refractivity contribution in [2.75, 3.05) is 0 Å². The van der Waals surface area contributed by atoms with E-state index in [9.17, 15) is 8.42 Å². The molecule has 94 valence electrons. The zero-order chi connectivity index (χ0) is 12.9. The van der Waals surface area contributed by atoms with Crippen molar-refractivity contribution in [2.45, 2.75) is 44.8 Å². The Morgan fingerprint density at radius 1 is 1.53 bits per heavy atom. The molecule has 0 bridgehead atoms. The quantitative estimate of drug-likeness (QED) is 0.570. The molecule has 0 saturated carbocycles. The lowest BCUT2D eigenvalue weighted by atomic mass is 9.97. The van der Waals surface area contributed by atoms with Crippen molar-refractivity contribution in [1.29, 1.82) is 5.26 Å². The molecule has 0 N–H and O–H groups in total. The average molecular weight is 256 g/mol. The molecule has 1 aliphatic rings. The Morgan fingerprint density at radius 2 is 2.24 bits per heavy atom. The van der Waals surface area contributed by atoms with Gasteiger partial charge in [-0.3, -0.25) is 4.28 Å². The lowest BCUT2D eigenvalue weighted by Gasteiger charge is -2.10. The molecule has 0 heterocycles. The second-order valence-corrected chi connectivity index (χ2v) is 6.22. The summed E-state index contributed by atoms with van der Waals surface area (Å²) in [6.45, 7) is 2.99. The van der Waals surface area contributed by atoms with Crippen LogP contribution in [0.1, 0.15) is 39.5 Å². The minimum absolute atomic E-state index is 0.0638. The number of oxime groups is 1. The summed E-state index contributed by atoms with van der Waals surface area (Å²) in [6, 6.07) is 1.88. The summed E-state index contributed by atoms with van der Waals surface area (Å²) in [5.74, 6) is 0. The van der Waals surface area contributed by atoms with Gasteiger partial charge in [0.1, 0.15) is 6.07 Å². The van der Waals surface area contributed by atoms with Crippen LogP contribution in [0, 0.1) is 11.3 Å². The summed E-state index contributed by atoms with van der Waals surface area (Å²) >= 11 is 0. The van der Waals surface area contributed by atoms with Gasteiger partial charge in [0, 0.05) is 0 Å². The largest absolute Gasteiger partial charge is 0.330 e. The third kappa shape index (κ3) is 3.86. The molecule has 0 aromatic carbocycles. The van der Waals surface area contributed by atoms with Gasteiger partial charge >= 0.3 is 10.1 Å². The molecular weight excluding hydrogens is 240 g/mol. The predicted octanol–water partition coefficient (Wildman–Crippen LogP) is 2.12. The summed E-state index contributed by atoms with van der Waals surface area (Å²) in [6.07, 6.45) is 5.64. The minimum Gasteiger partial charge on any atom is -0.267 e. The summed E-state index contributed by atoms with van der Waals surface area (Å²) < 4.78 is 27.2. The van der Waals surface area contributed by atoms with Gasteiger partial charge in [-0.15, -0.1) is 0 Å². The number of nitriles is 1. The van der Waals surface area contributed by atoms with Gasteiger partial charge in [0.15, 0.2) is 5.71 Å². The zero-order valence-corrected chi connectivity index (χ0v) is 10.8. The Hall–Kier alpha value is -1.35. The highest BCUT2D eigenvalue weighted by Crippen LogP contribution is 2.19. The van der Waals surface area contributed by atoms with E-state index in [1.165, 1.54) is 13.8 Å². The van der Waals surface area contributed by atoms with Crippen molar-refractivity contribution in [3.8, 4) is 6.07 Å². The minimum atomic E-state index is -3.71. The van der Waals surface area contributed by atoms with Crippen molar-refractivity contribution >= 4 is 15.8 Å². The Labute approximate surface area is 102 Å². The number of hydrogen-bond donors (Lipinski definition) is 0. The van der Waals surface area contributed by atoms with Gasteiger partial charge in [-0.05, 0) is 45.1 Å². The molecule has 0 spiro atoms. The zero-order valence-electron chi connectivity index (χ0n) is 10.0. The van der Waals surface area contributed by atoms with Crippen LogP contribution in [-0.4, -0.2) is 19.4 Å². The second kappa shape index (κ2) is 5.82. The molecular formula is C11H16N2O3S. The highest BCUT2D eigenvalue weighted by atomic mass is 32.2. The van der Waals surface area contributed by atoms with Gasteiger partial charge in [0.05, 0.1) is 5.25 Å². The van der Waals surface area contributed by atoms with E-state index in [2.05, 4.69) is 9.44 Å². The molecule has 0 amide bonds. The highest BCUT2D eigenvalue weighted by molar-refractivity contribution is 7.87. The summed E-state index contributed by atoms with van der Waals surface area (Å²) in [5, 5.41) is 11.7. The van der Waals surface area contributed by atoms with Crippen LogP contribution in [0.15, 0.2) is 16.8 Å². The first-order chi connectivity index (χ1) is 7.97. The van der Waals surface area contributed by atoms with Gasteiger partial charge < -0.3 is 0 Å². The number of nitrogens with zero attached hydrogens (tertiary/aromatic N) is 2. The molecule has 1 aliphatic carbocycles. The molecule has 0 aromatic rings. The number of rotatable bonds is 4. The lowest BCUT2D eigenvalue weighted by Crippen LogP contribution is -2.16. The van der Waals surface area contributed by atoms with Gasteiger partial charge in [0.2, 0.25) is 0 Å². The molecule has 0 saturated heterocycles. The third-order valence-corrected chi connectivity index (χ3v) is 3.95. The van der Waals surface area contributed by atoms with Crippen molar-refractivity contribution in [1.82, 2.24) is 0 Å². The van der Waals surface area contributed by atoms with Crippen LogP contribution in [0.25, 0.3) is 0 Å². The van der Waals surface area contributed by atoms with Crippen LogP contribution in [-0.2, 0) is 14.4 Å². The molecule has 0 fully saturated rings. The fraction of sp³-hybridized carbons (Fsp3) is 0.636. The third-order valence-electron chi connectivity index (χ3n) is 2.51. The molecule has 0 aliphatic heterocycles. The van der Waals surface area contributed by atoms with Crippen LogP contribution in [0.3, 0.4) is 0 Å². The van der Waals surface area contributed by atoms with Gasteiger partial charge in [-0.2, -0.15) is 13.7 Å². The van der Waals surface area contributed by atoms with E-state index < -0.39 is 15.4 Å². The number of allylic oxidation sites excluding steroid dienone is 2. The first-order valence-electron chi connectivity index (χ1n) is 5.57.